The van der Waals surface area contributed by atoms with Crippen LogP contribution in [0.4, 0.5) is 5.69 Å². The second kappa shape index (κ2) is 6.73. The van der Waals surface area contributed by atoms with E-state index in [0.29, 0.717) is 11.4 Å². The van der Waals surface area contributed by atoms with E-state index < -0.39 is 6.10 Å². The number of methoxy groups -OCH3 is 1. The van der Waals surface area contributed by atoms with E-state index >= 15 is 0 Å². The molecule has 4 nitrogen and oxygen atoms in total. The maximum absolute atomic E-state index is 11.7. The number of nitrogens with one attached hydrogen (secondary N) is 1. The molecule has 0 aromatic heterocycles. The standard InChI is InChI=1S/C16H17NO3/c1-12(19-2)16(18)17-13-7-6-10-15(11-13)20-14-8-4-3-5-9-14/h3-12H,1-2H3,(H,17,18). The minimum atomic E-state index is -0.492. The Bertz CT molecular complexity index is 569. The van der Waals surface area contributed by atoms with Crippen LogP contribution in [-0.2, 0) is 9.53 Å². The summed E-state index contributed by atoms with van der Waals surface area (Å²) in [6, 6.07) is 16.7. The first-order valence-corrected chi connectivity index (χ1v) is 6.35. The van der Waals surface area contributed by atoms with Crippen LogP contribution in [0.1, 0.15) is 6.92 Å². The molecule has 2 rings (SSSR count). The molecule has 0 saturated heterocycles. The molecule has 4 heteroatoms. The fraction of sp³-hybridized carbons (Fsp3) is 0.188. The van der Waals surface area contributed by atoms with Gasteiger partial charge in [-0.1, -0.05) is 24.3 Å². The molecule has 0 aliphatic carbocycles. The van der Waals surface area contributed by atoms with E-state index in [0.717, 1.165) is 5.75 Å². The lowest BCUT2D eigenvalue weighted by atomic mass is 10.2. The largest absolute Gasteiger partial charge is 0.457 e. The molecule has 0 saturated carbocycles. The molecule has 1 atom stereocenters. The third kappa shape index (κ3) is 3.83. The van der Waals surface area contributed by atoms with Gasteiger partial charge in [0.25, 0.3) is 5.91 Å². The number of anilines is 1. The third-order valence-electron chi connectivity index (χ3n) is 2.80. The maximum Gasteiger partial charge on any atom is 0.253 e. The maximum atomic E-state index is 11.7. The van der Waals surface area contributed by atoms with E-state index in [-0.39, 0.29) is 5.91 Å². The van der Waals surface area contributed by atoms with Gasteiger partial charge in [0.15, 0.2) is 0 Å². The Labute approximate surface area is 118 Å². The molecule has 0 aliphatic rings. The minimum absolute atomic E-state index is 0.190. The number of benzene rings is 2. The SMILES string of the molecule is COC(C)C(=O)Nc1cccc(Oc2ccccc2)c1. The molecular weight excluding hydrogens is 254 g/mol. The highest BCUT2D eigenvalue weighted by Crippen LogP contribution is 2.23. The van der Waals surface area contributed by atoms with E-state index in [4.69, 9.17) is 9.47 Å². The summed E-state index contributed by atoms with van der Waals surface area (Å²) >= 11 is 0. The van der Waals surface area contributed by atoms with Gasteiger partial charge in [-0.2, -0.15) is 0 Å². The molecule has 1 unspecified atom stereocenters. The van der Waals surface area contributed by atoms with Crippen LogP contribution >= 0.6 is 0 Å². The van der Waals surface area contributed by atoms with E-state index in [9.17, 15) is 4.79 Å². The smallest absolute Gasteiger partial charge is 0.253 e. The normalized spacial score (nSPS) is 11.7. The van der Waals surface area contributed by atoms with Gasteiger partial charge in [-0.05, 0) is 31.2 Å². The van der Waals surface area contributed by atoms with Crippen molar-refractivity contribution in [1.82, 2.24) is 0 Å². The lowest BCUT2D eigenvalue weighted by Crippen LogP contribution is -2.26. The number of carbonyl (C=O) groups excluding carboxylic acids is 1. The van der Waals surface area contributed by atoms with Gasteiger partial charge in [-0.25, -0.2) is 0 Å². The summed E-state index contributed by atoms with van der Waals surface area (Å²) in [7, 11) is 1.50. The van der Waals surface area contributed by atoms with Crippen LogP contribution in [0, 0.1) is 0 Å². The molecule has 0 fully saturated rings. The van der Waals surface area contributed by atoms with Gasteiger partial charge >= 0.3 is 0 Å². The molecule has 1 N–H and O–H groups in total. The predicted molar refractivity (Wildman–Crippen MR) is 78.1 cm³/mol. The highest BCUT2D eigenvalue weighted by molar-refractivity contribution is 5.94. The Hall–Kier alpha value is -2.33. The summed E-state index contributed by atoms with van der Waals surface area (Å²) in [6.07, 6.45) is -0.492. The topological polar surface area (TPSA) is 47.6 Å². The van der Waals surface area contributed by atoms with Crippen molar-refractivity contribution in [3.63, 3.8) is 0 Å². The van der Waals surface area contributed by atoms with Crippen LogP contribution in [0.2, 0.25) is 0 Å². The van der Waals surface area contributed by atoms with E-state index in [1.165, 1.54) is 7.11 Å². The molecule has 2 aromatic carbocycles. The second-order valence-electron chi connectivity index (χ2n) is 4.31. The molecular formula is C16H17NO3. The van der Waals surface area contributed by atoms with Gasteiger partial charge < -0.3 is 14.8 Å². The summed E-state index contributed by atoms with van der Waals surface area (Å²) < 4.78 is 10.7. The Morgan fingerprint density at radius 1 is 1.05 bits per heavy atom. The number of hydrogen-bond donors (Lipinski definition) is 1. The van der Waals surface area contributed by atoms with Crippen LogP contribution in [0.3, 0.4) is 0 Å². The highest BCUT2D eigenvalue weighted by Gasteiger charge is 2.11. The van der Waals surface area contributed by atoms with Crippen LogP contribution in [0.25, 0.3) is 0 Å². The lowest BCUT2D eigenvalue weighted by molar-refractivity contribution is -0.124. The molecule has 2 aromatic rings. The third-order valence-corrected chi connectivity index (χ3v) is 2.80. The summed E-state index contributed by atoms with van der Waals surface area (Å²) in [5.41, 5.74) is 0.673. The van der Waals surface area contributed by atoms with Gasteiger partial charge in [0.2, 0.25) is 0 Å². The Balaban J connectivity index is 2.06. The van der Waals surface area contributed by atoms with Crippen molar-refractivity contribution in [2.75, 3.05) is 12.4 Å². The predicted octanol–water partition coefficient (Wildman–Crippen LogP) is 3.45. The Morgan fingerprint density at radius 3 is 2.45 bits per heavy atom. The molecule has 0 heterocycles. The van der Waals surface area contributed by atoms with Crippen molar-refractivity contribution in [1.29, 1.82) is 0 Å². The zero-order valence-electron chi connectivity index (χ0n) is 11.5. The lowest BCUT2D eigenvalue weighted by Gasteiger charge is -2.11. The van der Waals surface area contributed by atoms with Gasteiger partial charge in [0.1, 0.15) is 17.6 Å². The first-order valence-electron chi connectivity index (χ1n) is 6.35. The van der Waals surface area contributed by atoms with Gasteiger partial charge in [-0.3, -0.25) is 4.79 Å². The van der Waals surface area contributed by atoms with Crippen LogP contribution in [0.5, 0.6) is 11.5 Å². The van der Waals surface area contributed by atoms with Crippen molar-refractivity contribution in [2.45, 2.75) is 13.0 Å². The quantitative estimate of drug-likeness (QED) is 0.906. The van der Waals surface area contributed by atoms with Crippen molar-refractivity contribution < 1.29 is 14.3 Å². The van der Waals surface area contributed by atoms with Crippen molar-refractivity contribution >= 4 is 11.6 Å². The summed E-state index contributed by atoms with van der Waals surface area (Å²) in [5.74, 6) is 1.23. The van der Waals surface area contributed by atoms with Crippen molar-refractivity contribution in [3.8, 4) is 11.5 Å². The molecule has 0 aliphatic heterocycles. The molecule has 20 heavy (non-hydrogen) atoms. The molecule has 1 amide bonds. The Kier molecular flexibility index (Phi) is 4.74. The zero-order valence-corrected chi connectivity index (χ0v) is 11.5. The highest BCUT2D eigenvalue weighted by atomic mass is 16.5. The summed E-state index contributed by atoms with van der Waals surface area (Å²) in [6.45, 7) is 1.69. The monoisotopic (exact) mass is 271 g/mol. The second-order valence-corrected chi connectivity index (χ2v) is 4.31. The fourth-order valence-corrected chi connectivity index (χ4v) is 1.61. The summed E-state index contributed by atoms with van der Waals surface area (Å²) in [5, 5.41) is 2.77. The van der Waals surface area contributed by atoms with Gasteiger partial charge in [-0.15, -0.1) is 0 Å². The number of ether oxygens (including phenoxy) is 2. The van der Waals surface area contributed by atoms with E-state index in [2.05, 4.69) is 5.32 Å². The summed E-state index contributed by atoms with van der Waals surface area (Å²) in [4.78, 5) is 11.7. The molecule has 0 spiro atoms. The number of hydrogen-bond acceptors (Lipinski definition) is 3. The van der Waals surface area contributed by atoms with Crippen molar-refractivity contribution in [2.24, 2.45) is 0 Å². The van der Waals surface area contributed by atoms with Crippen LogP contribution in [0.15, 0.2) is 54.6 Å². The first-order chi connectivity index (χ1) is 9.69. The molecule has 0 bridgehead atoms. The average molecular weight is 271 g/mol. The van der Waals surface area contributed by atoms with Crippen molar-refractivity contribution in [3.05, 3.63) is 54.6 Å². The Morgan fingerprint density at radius 2 is 1.75 bits per heavy atom. The van der Waals surface area contributed by atoms with Crippen LogP contribution in [-0.4, -0.2) is 19.1 Å². The molecule has 0 radical (unpaired) electrons. The number of para-hydroxylation sites is 1. The molecule has 104 valence electrons. The van der Waals surface area contributed by atoms with E-state index in [1.54, 1.807) is 19.1 Å². The first kappa shape index (κ1) is 14.1. The average Bonchev–Trinajstić information content (AvgIpc) is 2.47. The number of amides is 1. The fourth-order valence-electron chi connectivity index (χ4n) is 1.61. The number of rotatable bonds is 5. The van der Waals surface area contributed by atoms with Gasteiger partial charge in [0, 0.05) is 18.9 Å². The number of carbonyl (C=O) groups is 1. The zero-order chi connectivity index (χ0) is 14.4. The van der Waals surface area contributed by atoms with Crippen LogP contribution < -0.4 is 10.1 Å². The van der Waals surface area contributed by atoms with Gasteiger partial charge in [0.05, 0.1) is 0 Å². The minimum Gasteiger partial charge on any atom is -0.457 e. The van der Waals surface area contributed by atoms with E-state index in [1.807, 2.05) is 42.5 Å².